The Hall–Kier alpha value is -3.22. The molecule has 198 valence electrons. The maximum atomic E-state index is 13.7. The zero-order valence-corrected chi connectivity index (χ0v) is 20.0. The molecule has 0 unspecified atom stereocenters. The lowest BCUT2D eigenvalue weighted by atomic mass is 9.84. The van der Waals surface area contributed by atoms with Crippen molar-refractivity contribution in [3.05, 3.63) is 64.7 Å². The van der Waals surface area contributed by atoms with Gasteiger partial charge >= 0.3 is 27.6 Å². The number of ether oxygens (including phenoxy) is 2. The summed E-state index contributed by atoms with van der Waals surface area (Å²) in [5, 5.41) is 0. The van der Waals surface area contributed by atoms with Gasteiger partial charge in [-0.05, 0) is 48.6 Å². The van der Waals surface area contributed by atoms with Gasteiger partial charge in [0.25, 0.3) is 0 Å². The van der Waals surface area contributed by atoms with Crippen LogP contribution in [-0.4, -0.2) is 40.1 Å². The molecule has 0 aliphatic heterocycles. The number of hydrogen-bond donors (Lipinski definition) is 0. The molecule has 0 radical (unpaired) electrons. The third-order valence-electron chi connectivity index (χ3n) is 5.31. The number of carbonyl (C=O) groups is 2. The third kappa shape index (κ3) is 7.39. The first-order valence-corrected chi connectivity index (χ1v) is 12.0. The number of esters is 2. The van der Waals surface area contributed by atoms with E-state index in [9.17, 15) is 40.0 Å². The van der Waals surface area contributed by atoms with Crippen molar-refractivity contribution >= 4 is 22.1 Å². The average Bonchev–Trinajstić information content (AvgIpc) is 2.83. The zero-order valence-electron chi connectivity index (χ0n) is 19.2. The monoisotopic (exact) mass is 538 g/mol. The van der Waals surface area contributed by atoms with Gasteiger partial charge in [-0.2, -0.15) is 21.6 Å². The van der Waals surface area contributed by atoms with E-state index >= 15 is 0 Å². The van der Waals surface area contributed by atoms with Crippen LogP contribution in [0.25, 0.3) is 0 Å². The van der Waals surface area contributed by atoms with Gasteiger partial charge in [-0.1, -0.05) is 25.3 Å². The van der Waals surface area contributed by atoms with Gasteiger partial charge in [0.15, 0.2) is 0 Å². The predicted molar refractivity (Wildman–Crippen MR) is 117 cm³/mol. The van der Waals surface area contributed by atoms with Crippen LogP contribution < -0.4 is 4.18 Å². The predicted octanol–water partition coefficient (Wildman–Crippen LogP) is 5.50. The molecular weight excluding hydrogens is 515 g/mol. The summed E-state index contributed by atoms with van der Waals surface area (Å²) < 4.78 is 96.7. The Morgan fingerprint density at radius 3 is 1.78 bits per heavy atom. The van der Waals surface area contributed by atoms with E-state index < -0.39 is 50.5 Å². The topological polar surface area (TPSA) is 96.0 Å². The molecule has 2 aromatic rings. The van der Waals surface area contributed by atoms with Crippen LogP contribution in [0.5, 0.6) is 5.75 Å². The van der Waals surface area contributed by atoms with Gasteiger partial charge in [0.1, 0.15) is 17.4 Å². The van der Waals surface area contributed by atoms with Gasteiger partial charge in [0, 0.05) is 6.07 Å². The second kappa shape index (κ2) is 12.2. The van der Waals surface area contributed by atoms with E-state index in [-0.39, 0.29) is 5.56 Å². The summed E-state index contributed by atoms with van der Waals surface area (Å²) in [4.78, 5) is 22.2. The van der Waals surface area contributed by atoms with Crippen LogP contribution in [0, 0.1) is 11.6 Å². The first-order valence-electron chi connectivity index (χ1n) is 10.6. The summed E-state index contributed by atoms with van der Waals surface area (Å²) >= 11 is 0. The largest absolute Gasteiger partial charge is 0.534 e. The van der Waals surface area contributed by atoms with Gasteiger partial charge in [0.2, 0.25) is 0 Å². The molecule has 0 bridgehead atoms. The van der Waals surface area contributed by atoms with Crippen LogP contribution >= 0.6 is 0 Å². The lowest BCUT2D eigenvalue weighted by Crippen LogP contribution is -2.28. The standard InChI is InChI=1S/C14H17FO2.C9H6F4O5S/c1-17-14(16)12-8-7-11(9-13(12)15)10-5-3-2-4-6-10;1-17-8(14)6-3-2-5(4-7(6)10)18-19(15,16)9(11,12)13/h7-10H,2-6H2,1H3;2-4H,1H3. The Morgan fingerprint density at radius 1 is 0.833 bits per heavy atom. The normalized spacial score (nSPS) is 14.3. The molecule has 36 heavy (non-hydrogen) atoms. The number of halogens is 5. The minimum Gasteiger partial charge on any atom is -0.465 e. The Balaban J connectivity index is 0.000000255. The highest BCUT2D eigenvalue weighted by atomic mass is 32.2. The maximum Gasteiger partial charge on any atom is 0.534 e. The maximum absolute atomic E-state index is 13.7. The van der Waals surface area contributed by atoms with E-state index in [0.29, 0.717) is 18.1 Å². The SMILES string of the molecule is COC(=O)c1ccc(C2CCCCC2)cc1F.COC(=O)c1ccc(OS(=O)(=O)C(F)(F)F)cc1F. The summed E-state index contributed by atoms with van der Waals surface area (Å²) in [6.07, 6.45) is 5.95. The molecule has 3 rings (SSSR count). The number of alkyl halides is 3. The number of methoxy groups -OCH3 is 2. The summed E-state index contributed by atoms with van der Waals surface area (Å²) in [6.45, 7) is 0. The van der Waals surface area contributed by atoms with Crippen molar-refractivity contribution in [2.45, 2.75) is 43.5 Å². The first-order chi connectivity index (χ1) is 16.8. The van der Waals surface area contributed by atoms with Crippen molar-refractivity contribution in [1.82, 2.24) is 0 Å². The molecule has 2 aromatic carbocycles. The Morgan fingerprint density at radius 2 is 1.33 bits per heavy atom. The van der Waals surface area contributed by atoms with E-state index in [4.69, 9.17) is 0 Å². The van der Waals surface area contributed by atoms with Crippen molar-refractivity contribution in [1.29, 1.82) is 0 Å². The van der Waals surface area contributed by atoms with Crippen molar-refractivity contribution < 1.29 is 53.6 Å². The fourth-order valence-electron chi connectivity index (χ4n) is 3.49. The van der Waals surface area contributed by atoms with Crippen LogP contribution in [-0.2, 0) is 19.6 Å². The van der Waals surface area contributed by atoms with Gasteiger partial charge in [-0.15, -0.1) is 0 Å². The summed E-state index contributed by atoms with van der Waals surface area (Å²) in [7, 11) is -3.66. The Kier molecular flexibility index (Phi) is 9.79. The molecule has 7 nitrogen and oxygen atoms in total. The molecule has 0 spiro atoms. The minimum absolute atomic E-state index is 0.0204. The van der Waals surface area contributed by atoms with Crippen LogP contribution in [0.1, 0.15) is 64.3 Å². The molecule has 1 aliphatic rings. The molecule has 13 heteroatoms. The van der Waals surface area contributed by atoms with Gasteiger partial charge in [-0.3, -0.25) is 0 Å². The molecule has 0 N–H and O–H groups in total. The molecule has 1 fully saturated rings. The van der Waals surface area contributed by atoms with E-state index in [1.165, 1.54) is 38.5 Å². The fraction of sp³-hybridized carbons (Fsp3) is 0.391. The number of carbonyl (C=O) groups excluding carboxylic acids is 2. The van der Waals surface area contributed by atoms with Gasteiger partial charge in [-0.25, -0.2) is 18.4 Å². The van der Waals surface area contributed by atoms with E-state index in [1.54, 1.807) is 0 Å². The molecule has 1 aliphatic carbocycles. The van der Waals surface area contributed by atoms with E-state index in [0.717, 1.165) is 31.6 Å². The lowest BCUT2D eigenvalue weighted by Gasteiger charge is -2.22. The smallest absolute Gasteiger partial charge is 0.465 e. The van der Waals surface area contributed by atoms with Gasteiger partial charge < -0.3 is 13.7 Å². The van der Waals surface area contributed by atoms with Crippen molar-refractivity contribution in [2.75, 3.05) is 14.2 Å². The highest BCUT2D eigenvalue weighted by molar-refractivity contribution is 7.88. The number of benzene rings is 2. The minimum atomic E-state index is -5.89. The number of hydrogen-bond acceptors (Lipinski definition) is 7. The number of rotatable bonds is 5. The second-order valence-electron chi connectivity index (χ2n) is 7.68. The van der Waals surface area contributed by atoms with Crippen LogP contribution in [0.15, 0.2) is 36.4 Å². The van der Waals surface area contributed by atoms with Gasteiger partial charge in [0.05, 0.1) is 25.3 Å². The Bertz CT molecular complexity index is 1190. The summed E-state index contributed by atoms with van der Waals surface area (Å²) in [5.74, 6) is -3.89. The average molecular weight is 538 g/mol. The van der Waals surface area contributed by atoms with E-state index in [1.807, 2.05) is 6.07 Å². The molecular formula is C23H23F5O7S. The Labute approximate surface area is 204 Å². The van der Waals surface area contributed by atoms with Crippen LogP contribution in [0.3, 0.4) is 0 Å². The summed E-state index contributed by atoms with van der Waals surface area (Å²) in [5.41, 5.74) is -5.18. The van der Waals surface area contributed by atoms with Crippen molar-refractivity contribution in [2.24, 2.45) is 0 Å². The molecule has 0 saturated heterocycles. The highest BCUT2D eigenvalue weighted by Crippen LogP contribution is 2.33. The molecule has 0 atom stereocenters. The van der Waals surface area contributed by atoms with Crippen LogP contribution in [0.2, 0.25) is 0 Å². The third-order valence-corrected chi connectivity index (χ3v) is 6.29. The fourth-order valence-corrected chi connectivity index (χ4v) is 3.95. The molecule has 0 heterocycles. The molecule has 1 saturated carbocycles. The van der Waals surface area contributed by atoms with Crippen molar-refractivity contribution in [3.63, 3.8) is 0 Å². The second-order valence-corrected chi connectivity index (χ2v) is 9.22. The van der Waals surface area contributed by atoms with E-state index in [2.05, 4.69) is 13.7 Å². The first kappa shape index (κ1) is 29.0. The zero-order chi connectivity index (χ0) is 27.1. The van der Waals surface area contributed by atoms with Crippen LogP contribution in [0.4, 0.5) is 22.0 Å². The summed E-state index contributed by atoms with van der Waals surface area (Å²) in [6, 6.07) is 6.63. The molecule has 0 amide bonds. The lowest BCUT2D eigenvalue weighted by molar-refractivity contribution is -0.0500. The van der Waals surface area contributed by atoms with Crippen molar-refractivity contribution in [3.8, 4) is 5.75 Å². The highest BCUT2D eigenvalue weighted by Gasteiger charge is 2.48. The quantitative estimate of drug-likeness (QED) is 0.215. The molecule has 0 aromatic heterocycles.